The lowest BCUT2D eigenvalue weighted by Gasteiger charge is -2.11. The standard InChI is InChI=1S/C14H14ClN3O3/c1-16-9-5-10(7-11(6-9)18(19)20)17-14-8-12(21-2)3-4-13(14)15/h3-8,16-17H,1-2H3. The van der Waals surface area contributed by atoms with E-state index in [1.54, 1.807) is 38.4 Å². The molecule has 0 aliphatic carbocycles. The molecule has 0 aromatic heterocycles. The number of hydrogen-bond donors (Lipinski definition) is 2. The van der Waals surface area contributed by atoms with E-state index >= 15 is 0 Å². The van der Waals surface area contributed by atoms with Crippen molar-refractivity contribution in [3.05, 3.63) is 51.5 Å². The number of rotatable bonds is 5. The van der Waals surface area contributed by atoms with Crippen molar-refractivity contribution in [2.45, 2.75) is 0 Å². The van der Waals surface area contributed by atoms with Gasteiger partial charge >= 0.3 is 0 Å². The molecule has 0 spiro atoms. The fourth-order valence-electron chi connectivity index (χ4n) is 1.82. The Kier molecular flexibility index (Phi) is 4.49. The number of ether oxygens (including phenoxy) is 1. The van der Waals surface area contributed by atoms with Gasteiger partial charge in [0.1, 0.15) is 5.75 Å². The Labute approximate surface area is 126 Å². The molecular weight excluding hydrogens is 294 g/mol. The van der Waals surface area contributed by atoms with Crippen LogP contribution in [0.4, 0.5) is 22.7 Å². The molecule has 0 heterocycles. The Bertz CT molecular complexity index is 677. The number of nitro benzene ring substituents is 1. The molecule has 110 valence electrons. The third-order valence-corrected chi connectivity index (χ3v) is 3.20. The first kappa shape index (κ1) is 14.9. The van der Waals surface area contributed by atoms with Crippen molar-refractivity contribution in [2.75, 3.05) is 24.8 Å². The Morgan fingerprint density at radius 2 is 1.90 bits per heavy atom. The Hall–Kier alpha value is -2.47. The molecular formula is C14H14ClN3O3. The van der Waals surface area contributed by atoms with E-state index in [1.165, 1.54) is 12.1 Å². The van der Waals surface area contributed by atoms with Gasteiger partial charge in [0.05, 0.1) is 22.7 Å². The molecule has 2 aromatic rings. The number of anilines is 3. The second-order valence-electron chi connectivity index (χ2n) is 4.25. The van der Waals surface area contributed by atoms with E-state index in [4.69, 9.17) is 16.3 Å². The number of hydrogen-bond acceptors (Lipinski definition) is 5. The van der Waals surface area contributed by atoms with Gasteiger partial charge in [-0.05, 0) is 18.2 Å². The maximum atomic E-state index is 10.9. The molecule has 0 aliphatic rings. The number of non-ortho nitro benzene ring substituents is 1. The van der Waals surface area contributed by atoms with E-state index in [9.17, 15) is 10.1 Å². The number of methoxy groups -OCH3 is 1. The van der Waals surface area contributed by atoms with Crippen molar-refractivity contribution < 1.29 is 9.66 Å². The minimum absolute atomic E-state index is 0.0108. The summed E-state index contributed by atoms with van der Waals surface area (Å²) in [7, 11) is 3.25. The molecule has 6 nitrogen and oxygen atoms in total. The molecule has 0 bridgehead atoms. The lowest BCUT2D eigenvalue weighted by molar-refractivity contribution is -0.384. The van der Waals surface area contributed by atoms with Gasteiger partial charge in [0.2, 0.25) is 0 Å². The smallest absolute Gasteiger partial charge is 0.273 e. The molecule has 2 N–H and O–H groups in total. The first-order chi connectivity index (χ1) is 10.0. The summed E-state index contributed by atoms with van der Waals surface area (Å²) in [6.45, 7) is 0. The molecule has 21 heavy (non-hydrogen) atoms. The number of benzene rings is 2. The van der Waals surface area contributed by atoms with Crippen molar-refractivity contribution in [3.8, 4) is 5.75 Å². The van der Waals surface area contributed by atoms with Gasteiger partial charge in [-0.1, -0.05) is 11.6 Å². The lowest BCUT2D eigenvalue weighted by atomic mass is 10.2. The van der Waals surface area contributed by atoms with Crippen LogP contribution in [0.15, 0.2) is 36.4 Å². The van der Waals surface area contributed by atoms with Gasteiger partial charge in [0.15, 0.2) is 0 Å². The summed E-state index contributed by atoms with van der Waals surface area (Å²) in [5, 5.41) is 17.4. The zero-order valence-corrected chi connectivity index (χ0v) is 12.3. The molecule has 0 saturated heterocycles. The zero-order valence-electron chi connectivity index (χ0n) is 11.5. The van der Waals surface area contributed by atoms with Crippen LogP contribution in [0.3, 0.4) is 0 Å². The molecule has 0 aliphatic heterocycles. The first-order valence-electron chi connectivity index (χ1n) is 6.11. The predicted molar refractivity (Wildman–Crippen MR) is 83.9 cm³/mol. The maximum absolute atomic E-state index is 10.9. The summed E-state index contributed by atoms with van der Waals surface area (Å²) in [6, 6.07) is 9.80. The van der Waals surface area contributed by atoms with Crippen LogP contribution in [0.25, 0.3) is 0 Å². The van der Waals surface area contributed by atoms with E-state index in [0.29, 0.717) is 27.8 Å². The van der Waals surface area contributed by atoms with Crippen LogP contribution >= 0.6 is 11.6 Å². The van der Waals surface area contributed by atoms with Gasteiger partial charge < -0.3 is 15.4 Å². The van der Waals surface area contributed by atoms with Crippen LogP contribution in [0.5, 0.6) is 5.75 Å². The molecule has 2 aromatic carbocycles. The Balaban J connectivity index is 2.39. The molecule has 0 saturated carbocycles. The van der Waals surface area contributed by atoms with E-state index in [-0.39, 0.29) is 5.69 Å². The quantitative estimate of drug-likeness (QED) is 0.644. The largest absolute Gasteiger partial charge is 0.497 e. The van der Waals surface area contributed by atoms with E-state index in [0.717, 1.165) is 0 Å². The summed E-state index contributed by atoms with van der Waals surface area (Å²) >= 11 is 6.11. The van der Waals surface area contributed by atoms with Crippen LogP contribution in [0, 0.1) is 10.1 Å². The third kappa shape index (κ3) is 3.55. The summed E-state index contributed by atoms with van der Waals surface area (Å²) in [4.78, 5) is 10.5. The normalized spacial score (nSPS) is 10.0. The molecule has 7 heteroatoms. The van der Waals surface area contributed by atoms with E-state index in [2.05, 4.69) is 10.6 Å². The number of halogens is 1. The third-order valence-electron chi connectivity index (χ3n) is 2.87. The Morgan fingerprint density at radius 3 is 2.52 bits per heavy atom. The van der Waals surface area contributed by atoms with Crippen LogP contribution in [-0.4, -0.2) is 19.1 Å². The fourth-order valence-corrected chi connectivity index (χ4v) is 1.98. The summed E-state index contributed by atoms with van der Waals surface area (Å²) in [5.41, 5.74) is 1.79. The minimum atomic E-state index is -0.445. The highest BCUT2D eigenvalue weighted by Crippen LogP contribution is 2.32. The van der Waals surface area contributed by atoms with Crippen molar-refractivity contribution >= 4 is 34.4 Å². The van der Waals surface area contributed by atoms with Gasteiger partial charge in [-0.2, -0.15) is 0 Å². The highest BCUT2D eigenvalue weighted by molar-refractivity contribution is 6.33. The highest BCUT2D eigenvalue weighted by atomic mass is 35.5. The van der Waals surface area contributed by atoms with Gasteiger partial charge in [-0.25, -0.2) is 0 Å². The second-order valence-corrected chi connectivity index (χ2v) is 4.65. The molecule has 0 unspecified atom stereocenters. The molecule has 0 radical (unpaired) electrons. The van der Waals surface area contributed by atoms with Gasteiger partial charge in [-0.15, -0.1) is 0 Å². The molecule has 0 fully saturated rings. The number of nitrogens with zero attached hydrogens (tertiary/aromatic N) is 1. The highest BCUT2D eigenvalue weighted by Gasteiger charge is 2.11. The van der Waals surface area contributed by atoms with E-state index < -0.39 is 4.92 Å². The molecule has 0 atom stereocenters. The van der Waals surface area contributed by atoms with Crippen molar-refractivity contribution in [1.82, 2.24) is 0 Å². The van der Waals surface area contributed by atoms with Crippen LogP contribution in [-0.2, 0) is 0 Å². The summed E-state index contributed by atoms with van der Waals surface area (Å²) in [5.74, 6) is 0.640. The topological polar surface area (TPSA) is 76.4 Å². The van der Waals surface area contributed by atoms with Crippen LogP contribution < -0.4 is 15.4 Å². The van der Waals surface area contributed by atoms with Gasteiger partial charge in [-0.3, -0.25) is 10.1 Å². The SMILES string of the molecule is CNc1cc(Nc2cc(OC)ccc2Cl)cc([N+](=O)[O-])c1. The lowest BCUT2D eigenvalue weighted by Crippen LogP contribution is -1.97. The number of nitro groups is 1. The number of nitrogens with one attached hydrogen (secondary N) is 2. The average molecular weight is 308 g/mol. The van der Waals surface area contributed by atoms with Crippen molar-refractivity contribution in [2.24, 2.45) is 0 Å². The van der Waals surface area contributed by atoms with Crippen LogP contribution in [0.2, 0.25) is 5.02 Å². The van der Waals surface area contributed by atoms with Gasteiger partial charge in [0, 0.05) is 36.6 Å². The second kappa shape index (κ2) is 6.32. The predicted octanol–water partition coefficient (Wildman–Crippen LogP) is 4.04. The van der Waals surface area contributed by atoms with Crippen molar-refractivity contribution in [3.63, 3.8) is 0 Å². The monoisotopic (exact) mass is 307 g/mol. The van der Waals surface area contributed by atoms with Crippen molar-refractivity contribution in [1.29, 1.82) is 0 Å². The maximum Gasteiger partial charge on any atom is 0.273 e. The summed E-state index contributed by atoms with van der Waals surface area (Å²) in [6.07, 6.45) is 0. The van der Waals surface area contributed by atoms with E-state index in [1.807, 2.05) is 0 Å². The minimum Gasteiger partial charge on any atom is -0.497 e. The Morgan fingerprint density at radius 1 is 1.19 bits per heavy atom. The first-order valence-corrected chi connectivity index (χ1v) is 6.49. The molecule has 2 rings (SSSR count). The van der Waals surface area contributed by atoms with Crippen LogP contribution in [0.1, 0.15) is 0 Å². The van der Waals surface area contributed by atoms with Gasteiger partial charge in [0.25, 0.3) is 5.69 Å². The fraction of sp³-hybridized carbons (Fsp3) is 0.143. The summed E-state index contributed by atoms with van der Waals surface area (Å²) < 4.78 is 5.14. The molecule has 0 amide bonds. The average Bonchev–Trinajstić information content (AvgIpc) is 2.49. The zero-order chi connectivity index (χ0) is 15.4.